The number of fused-ring (bicyclic) bond motifs is 2. The average Bonchev–Trinajstić information content (AvgIpc) is 3.40. The summed E-state index contributed by atoms with van der Waals surface area (Å²) < 4.78 is 34.3. The Kier molecular flexibility index (Phi) is 7.22. The number of hydrogen-bond acceptors (Lipinski definition) is 4. The van der Waals surface area contributed by atoms with Crippen LogP contribution in [0.2, 0.25) is 0 Å². The van der Waals surface area contributed by atoms with Gasteiger partial charge < -0.3 is 10.4 Å². The Bertz CT molecular complexity index is 1990. The van der Waals surface area contributed by atoms with Crippen molar-refractivity contribution in [1.82, 2.24) is 9.69 Å². The van der Waals surface area contributed by atoms with Gasteiger partial charge in [0.1, 0.15) is 11.6 Å². The Morgan fingerprint density at radius 1 is 0.905 bits per heavy atom. The van der Waals surface area contributed by atoms with Gasteiger partial charge in [0.2, 0.25) is 0 Å². The van der Waals surface area contributed by atoms with E-state index in [1.54, 1.807) is 31.2 Å². The van der Waals surface area contributed by atoms with E-state index >= 15 is 0 Å². The van der Waals surface area contributed by atoms with Gasteiger partial charge in [0.05, 0.1) is 27.6 Å². The molecule has 0 spiro atoms. The smallest absolute Gasteiger partial charge is 0.335 e. The van der Waals surface area contributed by atoms with Gasteiger partial charge in [-0.2, -0.15) is 4.37 Å². The zero-order valence-electron chi connectivity index (χ0n) is 22.4. The third-order valence-electron chi connectivity index (χ3n) is 7.32. The summed E-state index contributed by atoms with van der Waals surface area (Å²) >= 11 is 1.21. The summed E-state index contributed by atoms with van der Waals surface area (Å²) in [5.74, 6) is -2.63. The van der Waals surface area contributed by atoms with Gasteiger partial charge in [0.15, 0.2) is 0 Å². The first kappa shape index (κ1) is 27.2. The van der Waals surface area contributed by atoms with E-state index in [-0.39, 0.29) is 11.1 Å². The number of rotatable bonds is 7. The molecule has 5 aromatic carbocycles. The number of aromatic nitrogens is 1. The molecule has 2 N–H and O–H groups in total. The normalized spacial score (nSPS) is 12.0. The van der Waals surface area contributed by atoms with Gasteiger partial charge in [-0.15, -0.1) is 0 Å². The van der Waals surface area contributed by atoms with Crippen LogP contribution in [0.15, 0.2) is 97.1 Å². The lowest BCUT2D eigenvalue weighted by Crippen LogP contribution is -2.27. The van der Waals surface area contributed by atoms with Crippen LogP contribution in [0.25, 0.3) is 32.0 Å². The van der Waals surface area contributed by atoms with E-state index in [1.165, 1.54) is 23.7 Å². The summed E-state index contributed by atoms with van der Waals surface area (Å²) in [6, 6.07) is 26.6. The van der Waals surface area contributed by atoms with Gasteiger partial charge in [0.25, 0.3) is 5.91 Å². The van der Waals surface area contributed by atoms with E-state index < -0.39 is 29.6 Å². The van der Waals surface area contributed by atoms with Crippen LogP contribution in [-0.2, 0) is 6.42 Å². The molecule has 0 saturated heterocycles. The van der Waals surface area contributed by atoms with Gasteiger partial charge in [-0.3, -0.25) is 4.79 Å². The Hall–Kier alpha value is -4.95. The zero-order chi connectivity index (χ0) is 29.4. The summed E-state index contributed by atoms with van der Waals surface area (Å²) in [7, 11) is 0. The third kappa shape index (κ3) is 5.36. The average molecular weight is 579 g/mol. The van der Waals surface area contributed by atoms with Crippen molar-refractivity contribution < 1.29 is 23.5 Å². The number of carboxylic acids is 1. The Morgan fingerprint density at radius 2 is 1.67 bits per heavy atom. The maximum absolute atomic E-state index is 14.8. The fourth-order valence-corrected chi connectivity index (χ4v) is 5.99. The quantitative estimate of drug-likeness (QED) is 0.200. The molecule has 208 valence electrons. The standard InChI is InChI=1S/C34H24F2N2O3S/c1-19(21-8-10-23(11-9-21)34(40)41)37-33(39)28-16-25(27-18-26(35)12-13-29(27)36)17-31-32(28)30(38-42-31)15-20-6-7-22-4-2-3-5-24(22)14-20/h2-14,16-19H,15H2,1H3,(H,37,39)(H,40,41)/t19-/m0/s1. The first-order valence-corrected chi connectivity index (χ1v) is 14.0. The van der Waals surface area contributed by atoms with E-state index in [9.17, 15) is 23.5 Å². The topological polar surface area (TPSA) is 79.3 Å². The fourth-order valence-electron chi connectivity index (χ4n) is 5.12. The van der Waals surface area contributed by atoms with Gasteiger partial charge in [-0.05, 0) is 88.4 Å². The van der Waals surface area contributed by atoms with E-state index in [0.717, 1.165) is 40.1 Å². The van der Waals surface area contributed by atoms with Crippen LogP contribution >= 0.6 is 11.5 Å². The van der Waals surface area contributed by atoms with Crippen molar-refractivity contribution >= 4 is 44.3 Å². The van der Waals surface area contributed by atoms with E-state index in [4.69, 9.17) is 4.37 Å². The molecule has 0 aliphatic rings. The first-order valence-electron chi connectivity index (χ1n) is 13.3. The summed E-state index contributed by atoms with van der Waals surface area (Å²) in [5, 5.41) is 15.1. The number of nitrogens with zero attached hydrogens (tertiary/aromatic N) is 1. The molecule has 0 aliphatic heterocycles. The number of hydrogen-bond donors (Lipinski definition) is 2. The predicted molar refractivity (Wildman–Crippen MR) is 161 cm³/mol. The number of carbonyl (C=O) groups is 2. The maximum atomic E-state index is 14.8. The van der Waals surface area contributed by atoms with E-state index in [2.05, 4.69) is 17.4 Å². The molecule has 1 atom stereocenters. The number of halogens is 2. The van der Waals surface area contributed by atoms with Crippen LogP contribution in [0.5, 0.6) is 0 Å². The van der Waals surface area contributed by atoms with Gasteiger partial charge in [-0.25, -0.2) is 13.6 Å². The molecule has 6 rings (SSSR count). The summed E-state index contributed by atoms with van der Waals surface area (Å²) in [6.45, 7) is 1.79. The Morgan fingerprint density at radius 3 is 2.43 bits per heavy atom. The molecule has 1 amide bonds. The van der Waals surface area contributed by atoms with Crippen LogP contribution in [0.1, 0.15) is 50.5 Å². The SMILES string of the molecule is C[C@H](NC(=O)c1cc(-c2cc(F)ccc2F)cc2snc(Cc3ccc4ccccc4c3)c12)c1ccc(C(=O)O)cc1. The van der Waals surface area contributed by atoms with Gasteiger partial charge >= 0.3 is 5.97 Å². The lowest BCUT2D eigenvalue weighted by Gasteiger charge is -2.16. The minimum Gasteiger partial charge on any atom is -0.478 e. The van der Waals surface area contributed by atoms with Gasteiger partial charge in [0, 0.05) is 17.4 Å². The molecule has 0 fully saturated rings. The van der Waals surface area contributed by atoms with Crippen molar-refractivity contribution in [1.29, 1.82) is 0 Å². The molecule has 0 aliphatic carbocycles. The number of carbonyl (C=O) groups excluding carboxylic acids is 1. The second-order valence-corrected chi connectivity index (χ2v) is 10.9. The number of benzene rings is 5. The molecule has 0 saturated carbocycles. The molecule has 42 heavy (non-hydrogen) atoms. The van der Waals surface area contributed by atoms with Crippen molar-refractivity contribution in [3.63, 3.8) is 0 Å². The lowest BCUT2D eigenvalue weighted by atomic mass is 9.96. The zero-order valence-corrected chi connectivity index (χ0v) is 23.2. The number of nitrogens with one attached hydrogen (secondary N) is 1. The first-order chi connectivity index (χ1) is 20.3. The van der Waals surface area contributed by atoms with Crippen LogP contribution in [0.4, 0.5) is 8.78 Å². The van der Waals surface area contributed by atoms with Crippen molar-refractivity contribution in [2.24, 2.45) is 0 Å². The van der Waals surface area contributed by atoms with Crippen molar-refractivity contribution in [3.8, 4) is 11.1 Å². The second-order valence-electron chi connectivity index (χ2n) is 10.1. The molecule has 6 aromatic rings. The molecule has 1 heterocycles. The largest absolute Gasteiger partial charge is 0.478 e. The highest BCUT2D eigenvalue weighted by Crippen LogP contribution is 2.35. The molecule has 0 bridgehead atoms. The molecule has 8 heteroatoms. The highest BCUT2D eigenvalue weighted by molar-refractivity contribution is 7.13. The third-order valence-corrected chi connectivity index (χ3v) is 8.15. The number of amides is 1. The summed E-state index contributed by atoms with van der Waals surface area (Å²) in [4.78, 5) is 25.1. The minimum atomic E-state index is -1.04. The van der Waals surface area contributed by atoms with Crippen LogP contribution in [-0.4, -0.2) is 21.4 Å². The second kappa shape index (κ2) is 11.1. The summed E-state index contributed by atoms with van der Waals surface area (Å²) in [5.41, 5.74) is 3.31. The van der Waals surface area contributed by atoms with E-state index in [1.807, 2.05) is 30.3 Å². The Labute approximate surface area is 244 Å². The lowest BCUT2D eigenvalue weighted by molar-refractivity contribution is 0.0696. The molecule has 0 unspecified atom stereocenters. The highest BCUT2D eigenvalue weighted by Gasteiger charge is 2.22. The summed E-state index contributed by atoms with van der Waals surface area (Å²) in [6.07, 6.45) is 0.477. The van der Waals surface area contributed by atoms with Gasteiger partial charge in [-0.1, -0.05) is 54.6 Å². The predicted octanol–water partition coefficient (Wildman–Crippen LogP) is 8.17. The number of carboxylic acid groups (broad SMARTS) is 1. The van der Waals surface area contributed by atoms with Crippen molar-refractivity contribution in [2.45, 2.75) is 19.4 Å². The van der Waals surface area contributed by atoms with Crippen LogP contribution < -0.4 is 5.32 Å². The fraction of sp³-hybridized carbons (Fsp3) is 0.0882. The highest BCUT2D eigenvalue weighted by atomic mass is 32.1. The molecule has 1 aromatic heterocycles. The van der Waals surface area contributed by atoms with Crippen LogP contribution in [0.3, 0.4) is 0 Å². The maximum Gasteiger partial charge on any atom is 0.335 e. The Balaban J connectivity index is 1.42. The molecule has 5 nitrogen and oxygen atoms in total. The molecular formula is C34H24F2N2O3S. The minimum absolute atomic E-state index is 0.0488. The van der Waals surface area contributed by atoms with Crippen LogP contribution in [0, 0.1) is 11.6 Å². The van der Waals surface area contributed by atoms with Crippen molar-refractivity contribution in [3.05, 3.63) is 137 Å². The van der Waals surface area contributed by atoms with Crippen molar-refractivity contribution in [2.75, 3.05) is 0 Å². The molecule has 0 radical (unpaired) electrons. The molecular weight excluding hydrogens is 554 g/mol. The van der Waals surface area contributed by atoms with E-state index in [0.29, 0.717) is 33.3 Å². The number of aromatic carboxylic acids is 1. The monoisotopic (exact) mass is 578 g/mol.